The van der Waals surface area contributed by atoms with Gasteiger partial charge in [0.05, 0.1) is 11.4 Å². The molecule has 2 aliphatic rings. The summed E-state index contributed by atoms with van der Waals surface area (Å²) in [5.74, 6) is 0.155. The van der Waals surface area contributed by atoms with E-state index in [-0.39, 0.29) is 23.2 Å². The van der Waals surface area contributed by atoms with E-state index in [1.807, 2.05) is 24.3 Å². The molecule has 2 heterocycles. The van der Waals surface area contributed by atoms with Gasteiger partial charge in [0.25, 0.3) is 11.1 Å². The van der Waals surface area contributed by atoms with Crippen LogP contribution in [0.15, 0.2) is 41.3 Å². The van der Waals surface area contributed by atoms with E-state index in [4.69, 9.17) is 11.6 Å². The largest absolute Gasteiger partial charge is 0.369 e. The first-order valence-electron chi connectivity index (χ1n) is 10.5. The number of rotatable bonds is 3. The smallest absolute Gasteiger partial charge is 0.293 e. The maximum Gasteiger partial charge on any atom is 0.293 e. The van der Waals surface area contributed by atoms with Gasteiger partial charge in [0.15, 0.2) is 0 Å². The van der Waals surface area contributed by atoms with E-state index in [1.165, 1.54) is 16.2 Å². The second kappa shape index (κ2) is 8.03. The van der Waals surface area contributed by atoms with E-state index in [0.29, 0.717) is 15.8 Å². The van der Waals surface area contributed by atoms with Crippen molar-refractivity contribution in [2.45, 2.75) is 52.1 Å². The summed E-state index contributed by atoms with van der Waals surface area (Å²) in [6.45, 7) is 9.03. The summed E-state index contributed by atoms with van der Waals surface area (Å²) in [6.07, 6.45) is 2.92. The molecule has 0 spiro atoms. The van der Waals surface area contributed by atoms with Crippen LogP contribution in [0, 0.1) is 6.92 Å². The van der Waals surface area contributed by atoms with Crippen LogP contribution in [0.2, 0.25) is 5.02 Å². The number of carbonyl (C=O) groups excluding carboxylic acids is 2. The summed E-state index contributed by atoms with van der Waals surface area (Å²) < 4.78 is 0. The van der Waals surface area contributed by atoms with Gasteiger partial charge in [-0.25, -0.2) is 0 Å². The molecular weight excluding hydrogens is 428 g/mol. The molecular formula is C25H27ClN2O2S. The summed E-state index contributed by atoms with van der Waals surface area (Å²) in [6, 6.07) is 11.7. The van der Waals surface area contributed by atoms with Gasteiger partial charge >= 0.3 is 0 Å². The monoisotopic (exact) mass is 454 g/mol. The molecule has 6 heteroatoms. The van der Waals surface area contributed by atoms with Crippen molar-refractivity contribution in [3.05, 3.63) is 68.6 Å². The van der Waals surface area contributed by atoms with Gasteiger partial charge in [-0.15, -0.1) is 0 Å². The molecule has 2 aromatic carbocycles. The van der Waals surface area contributed by atoms with Crippen molar-refractivity contribution in [1.29, 1.82) is 0 Å². The molecule has 162 valence electrons. The van der Waals surface area contributed by atoms with Crippen LogP contribution in [0.4, 0.5) is 10.5 Å². The highest BCUT2D eigenvalue weighted by molar-refractivity contribution is 8.18. The summed E-state index contributed by atoms with van der Waals surface area (Å²) in [4.78, 5) is 29.6. The zero-order valence-corrected chi connectivity index (χ0v) is 20.1. The van der Waals surface area contributed by atoms with Gasteiger partial charge in [-0.1, -0.05) is 36.7 Å². The first-order valence-corrected chi connectivity index (χ1v) is 11.6. The second-order valence-electron chi connectivity index (χ2n) is 9.10. The lowest BCUT2D eigenvalue weighted by Gasteiger charge is -2.45. The molecule has 1 atom stereocenters. The van der Waals surface area contributed by atoms with E-state index in [1.54, 1.807) is 6.07 Å². The Labute approximate surface area is 193 Å². The topological polar surface area (TPSA) is 40.6 Å². The van der Waals surface area contributed by atoms with Crippen molar-refractivity contribution in [3.63, 3.8) is 0 Å². The number of hydrogen-bond donors (Lipinski definition) is 0. The highest BCUT2D eigenvalue weighted by Gasteiger charge is 2.37. The molecule has 2 amide bonds. The van der Waals surface area contributed by atoms with E-state index in [9.17, 15) is 9.59 Å². The molecule has 1 unspecified atom stereocenters. The Morgan fingerprint density at radius 2 is 1.94 bits per heavy atom. The number of nitrogens with zero attached hydrogens (tertiary/aromatic N) is 2. The minimum Gasteiger partial charge on any atom is -0.369 e. The third-order valence-corrected chi connectivity index (χ3v) is 7.74. The van der Waals surface area contributed by atoms with Crippen LogP contribution in [-0.4, -0.2) is 28.6 Å². The molecule has 1 saturated heterocycles. The fourth-order valence-corrected chi connectivity index (χ4v) is 5.49. The number of hydrogen-bond acceptors (Lipinski definition) is 4. The maximum absolute atomic E-state index is 13.0. The predicted molar refractivity (Wildman–Crippen MR) is 130 cm³/mol. The molecule has 0 aromatic heterocycles. The number of thioether (sulfide) groups is 1. The van der Waals surface area contributed by atoms with E-state index in [2.05, 4.69) is 51.8 Å². The molecule has 0 saturated carbocycles. The Kier molecular flexibility index (Phi) is 5.69. The van der Waals surface area contributed by atoms with Gasteiger partial charge in [0.2, 0.25) is 0 Å². The minimum atomic E-state index is -0.265. The summed E-state index contributed by atoms with van der Waals surface area (Å²) in [5.41, 5.74) is 5.47. The number of carbonyl (C=O) groups is 2. The average Bonchev–Trinajstić information content (AvgIpc) is 2.96. The SMILES string of the molecule is Cc1cc2c(cc1/C=C1/SC(=O)N(Cc3ccccc3Cl)C1=O)C(C)CC(C)(C)N2C. The van der Waals surface area contributed by atoms with Gasteiger partial charge in [-0.2, -0.15) is 0 Å². The minimum absolute atomic E-state index is 0.0989. The van der Waals surface area contributed by atoms with Crippen molar-refractivity contribution in [3.8, 4) is 0 Å². The van der Waals surface area contributed by atoms with Crippen LogP contribution in [0.1, 0.15) is 55.4 Å². The zero-order chi connectivity index (χ0) is 22.5. The summed E-state index contributed by atoms with van der Waals surface area (Å²) in [7, 11) is 2.14. The highest BCUT2D eigenvalue weighted by Crippen LogP contribution is 2.44. The van der Waals surface area contributed by atoms with Crippen molar-refractivity contribution in [2.75, 3.05) is 11.9 Å². The van der Waals surface area contributed by atoms with Crippen LogP contribution in [0.3, 0.4) is 0 Å². The molecule has 0 radical (unpaired) electrons. The first kappa shape index (κ1) is 22.0. The summed E-state index contributed by atoms with van der Waals surface area (Å²) >= 11 is 7.22. The number of aryl methyl sites for hydroxylation is 1. The van der Waals surface area contributed by atoms with Gasteiger partial charge < -0.3 is 4.90 Å². The van der Waals surface area contributed by atoms with E-state index in [0.717, 1.165) is 34.9 Å². The Morgan fingerprint density at radius 3 is 2.65 bits per heavy atom. The molecule has 0 bridgehead atoms. The molecule has 4 rings (SSSR count). The Morgan fingerprint density at radius 1 is 1.23 bits per heavy atom. The number of fused-ring (bicyclic) bond motifs is 1. The molecule has 31 heavy (non-hydrogen) atoms. The van der Waals surface area contributed by atoms with E-state index < -0.39 is 0 Å². The van der Waals surface area contributed by atoms with Crippen LogP contribution >= 0.6 is 23.4 Å². The van der Waals surface area contributed by atoms with Crippen LogP contribution in [-0.2, 0) is 11.3 Å². The fraction of sp³-hybridized carbons (Fsp3) is 0.360. The van der Waals surface area contributed by atoms with Crippen LogP contribution in [0.5, 0.6) is 0 Å². The van der Waals surface area contributed by atoms with Crippen molar-refractivity contribution in [2.24, 2.45) is 0 Å². The molecule has 2 aliphatic heterocycles. The average molecular weight is 455 g/mol. The Balaban J connectivity index is 1.65. The third kappa shape index (κ3) is 4.01. The standard InChI is InChI=1S/C25H27ClN2O2S/c1-15-10-21-19(16(2)13-25(3,4)27(21)5)11-18(15)12-22-23(29)28(24(30)31-22)14-17-8-6-7-9-20(17)26/h6-12,16H,13-14H2,1-5H3/b22-12+. The molecule has 0 aliphatic carbocycles. The molecule has 4 nitrogen and oxygen atoms in total. The quantitative estimate of drug-likeness (QED) is 0.489. The number of anilines is 1. The van der Waals surface area contributed by atoms with E-state index >= 15 is 0 Å². The van der Waals surface area contributed by atoms with Gasteiger partial charge in [0, 0.05) is 23.3 Å². The number of imide groups is 1. The second-order valence-corrected chi connectivity index (χ2v) is 10.5. The van der Waals surface area contributed by atoms with Crippen LogP contribution in [0.25, 0.3) is 6.08 Å². The maximum atomic E-state index is 13.0. The highest BCUT2D eigenvalue weighted by atomic mass is 35.5. The number of amides is 2. The lowest BCUT2D eigenvalue weighted by molar-refractivity contribution is -0.123. The number of benzene rings is 2. The van der Waals surface area contributed by atoms with Crippen molar-refractivity contribution < 1.29 is 9.59 Å². The summed E-state index contributed by atoms with van der Waals surface area (Å²) in [5, 5.41) is 0.290. The fourth-order valence-electron chi connectivity index (χ4n) is 4.46. The van der Waals surface area contributed by atoms with Gasteiger partial charge in [-0.05, 0) is 91.4 Å². The third-order valence-electron chi connectivity index (χ3n) is 6.47. The van der Waals surface area contributed by atoms with Gasteiger partial charge in [-0.3, -0.25) is 14.5 Å². The molecule has 2 aromatic rings. The molecule has 0 N–H and O–H groups in total. The Bertz CT molecular complexity index is 1110. The first-order chi connectivity index (χ1) is 14.6. The Hall–Kier alpha value is -2.24. The lowest BCUT2D eigenvalue weighted by Crippen LogP contribution is -2.45. The zero-order valence-electron chi connectivity index (χ0n) is 18.5. The lowest BCUT2D eigenvalue weighted by atomic mass is 9.79. The predicted octanol–water partition coefficient (Wildman–Crippen LogP) is 6.61. The van der Waals surface area contributed by atoms with Crippen molar-refractivity contribution in [1.82, 2.24) is 4.90 Å². The number of halogens is 1. The normalized spacial score (nSPS) is 21.7. The van der Waals surface area contributed by atoms with Gasteiger partial charge in [0.1, 0.15) is 0 Å². The van der Waals surface area contributed by atoms with Crippen molar-refractivity contribution >= 4 is 46.3 Å². The molecule has 1 fully saturated rings. The van der Waals surface area contributed by atoms with Crippen LogP contribution < -0.4 is 4.90 Å².